The van der Waals surface area contributed by atoms with Crippen molar-refractivity contribution in [3.8, 4) is 0 Å². The summed E-state index contributed by atoms with van der Waals surface area (Å²) >= 11 is 2.62. The lowest BCUT2D eigenvalue weighted by molar-refractivity contribution is -0.385. The number of nitro groups is 2. The highest BCUT2D eigenvalue weighted by Crippen LogP contribution is 2.55. The van der Waals surface area contributed by atoms with E-state index in [-0.39, 0.29) is 43.5 Å². The molecule has 22 heteroatoms. The molecule has 57 heavy (non-hydrogen) atoms. The molecule has 2 aliphatic heterocycles. The second-order valence-corrected chi connectivity index (χ2v) is 15.3. The first-order valence-corrected chi connectivity index (χ1v) is 18.9. The molecule has 4 atom stereocenters. The Kier molecular flexibility index (Phi) is 11.6. The van der Waals surface area contributed by atoms with Crippen molar-refractivity contribution < 1.29 is 48.7 Å². The van der Waals surface area contributed by atoms with Gasteiger partial charge in [0.05, 0.1) is 32.8 Å². The van der Waals surface area contributed by atoms with Crippen molar-refractivity contribution in [1.29, 1.82) is 0 Å². The fourth-order valence-electron chi connectivity index (χ4n) is 6.45. The largest absolute Gasteiger partial charge is 0.481 e. The number of thioether (sulfide) groups is 1. The first kappa shape index (κ1) is 40.3. The molecule has 4 N–H and O–H groups in total. The summed E-state index contributed by atoms with van der Waals surface area (Å²) in [4.78, 5) is 83.7. The first-order chi connectivity index (χ1) is 27.1. The number of nitro benzene ring substituents is 2. The Morgan fingerprint density at radius 2 is 1.67 bits per heavy atom. The number of aliphatic imine (C=N–C) groups is 1. The highest BCUT2D eigenvalue weighted by atomic mass is 32.2. The molecular formula is C35H34N8O12S2. The average Bonchev–Trinajstić information content (AvgIpc) is 3.83. The quantitative estimate of drug-likeness (QED) is 0.0297. The topological polar surface area (TPSA) is 276 Å². The zero-order chi connectivity index (χ0) is 41.2. The van der Waals surface area contributed by atoms with Gasteiger partial charge in [-0.2, -0.15) is 0 Å². The number of imidazole rings is 1. The lowest BCUT2D eigenvalue weighted by Gasteiger charge is -2.48. The minimum atomic E-state index is -1.46. The zero-order valence-electron chi connectivity index (χ0n) is 30.1. The molecule has 2 aromatic heterocycles. The van der Waals surface area contributed by atoms with Crippen LogP contribution in [-0.4, -0.2) is 93.7 Å². The summed E-state index contributed by atoms with van der Waals surface area (Å²) in [5.41, 5.74) is 5.65. The molecular weight excluding hydrogens is 789 g/mol. The molecule has 1 fully saturated rings. The van der Waals surface area contributed by atoms with Crippen LogP contribution in [0.4, 0.5) is 21.0 Å². The third kappa shape index (κ3) is 8.13. The van der Waals surface area contributed by atoms with Crippen LogP contribution in [0.3, 0.4) is 0 Å². The summed E-state index contributed by atoms with van der Waals surface area (Å²) in [5, 5.41) is 43.1. The normalized spacial score (nSPS) is 19.4. The molecule has 1 saturated heterocycles. The number of β-lactam (4-membered cyclic amide) rings is 1. The number of amides is 3. The number of fused-ring (bicyclic) bond motifs is 2. The van der Waals surface area contributed by atoms with Crippen molar-refractivity contribution in [3.63, 3.8) is 0 Å². The molecule has 6 rings (SSSR count). The minimum Gasteiger partial charge on any atom is -0.481 e. The Morgan fingerprint density at radius 1 is 1.07 bits per heavy atom. The Morgan fingerprint density at radius 3 is 2.23 bits per heavy atom. The molecule has 0 bridgehead atoms. The average molecular weight is 823 g/mol. The van der Waals surface area contributed by atoms with Crippen molar-refractivity contribution in [2.45, 2.75) is 50.7 Å². The van der Waals surface area contributed by atoms with E-state index >= 15 is 0 Å². The minimum absolute atomic E-state index is 0.0801. The van der Waals surface area contributed by atoms with Crippen molar-refractivity contribution in [2.75, 3.05) is 12.3 Å². The maximum absolute atomic E-state index is 13.3. The molecule has 2 aromatic carbocycles. The predicted molar refractivity (Wildman–Crippen MR) is 203 cm³/mol. The van der Waals surface area contributed by atoms with Gasteiger partial charge in [-0.1, -0.05) is 0 Å². The zero-order valence-corrected chi connectivity index (χ0v) is 31.8. The number of rotatable bonds is 14. The van der Waals surface area contributed by atoms with Crippen LogP contribution in [0.1, 0.15) is 36.3 Å². The van der Waals surface area contributed by atoms with E-state index in [4.69, 9.17) is 15.2 Å². The number of ether oxygens (including phenoxy) is 2. The Bertz CT molecular complexity index is 2310. The molecule has 0 radical (unpaired) electrons. The number of nitrogens with two attached hydrogens (primary N) is 1. The third-order valence-corrected chi connectivity index (χ3v) is 11.8. The number of guanidine groups is 1. The van der Waals surface area contributed by atoms with Gasteiger partial charge in [-0.3, -0.25) is 34.2 Å². The molecule has 2 aliphatic rings. The van der Waals surface area contributed by atoms with Gasteiger partial charge in [0.15, 0.2) is 0 Å². The number of nitrogens with zero attached hydrogens (tertiary/aromatic N) is 7. The number of non-ortho nitro benzene ring substituents is 2. The van der Waals surface area contributed by atoms with E-state index in [0.29, 0.717) is 37.2 Å². The number of carboxylic acids is 1. The lowest BCUT2D eigenvalue weighted by Crippen LogP contribution is -2.66. The van der Waals surface area contributed by atoms with Gasteiger partial charge >= 0.3 is 18.2 Å². The lowest BCUT2D eigenvalue weighted by atomic mass is 9.67. The van der Waals surface area contributed by atoms with Crippen LogP contribution >= 0.6 is 23.1 Å². The van der Waals surface area contributed by atoms with Gasteiger partial charge in [-0.25, -0.2) is 19.5 Å². The standard InChI is InChI=1S/C35H34N8O12S2/c1-19(44)26-27-35(2,31(46)47)24(14-41(27)29(26)45)25-15-39-18-37-28(30(39)57-25)56-13-3-12-40(34(49)55-17-21-6-10-23(11-7-21)43(52)53)32(36)38-33(48)54-16-20-4-8-22(9-5-20)42(50)51/h4-11,14-15,18-19,26-27,44H,3,12-13,16-17H2,1-2H3,(H,46,47)(H2,36,38,48)/t19-,26-,27-,35+/m1/s1. The Hall–Kier alpha value is -6.39. The van der Waals surface area contributed by atoms with Gasteiger partial charge in [0.1, 0.15) is 34.8 Å². The summed E-state index contributed by atoms with van der Waals surface area (Å²) in [6, 6.07) is 9.90. The molecule has 0 saturated carbocycles. The van der Waals surface area contributed by atoms with Gasteiger partial charge in [0.2, 0.25) is 11.9 Å². The number of aliphatic hydroxyl groups excluding tert-OH is 1. The summed E-state index contributed by atoms with van der Waals surface area (Å²) in [5.74, 6) is -2.47. The number of thiazole rings is 1. The molecule has 0 unspecified atom stereocenters. The fraction of sp³-hybridized carbons (Fsp3) is 0.314. The predicted octanol–water partition coefficient (Wildman–Crippen LogP) is 4.64. The number of benzene rings is 2. The molecule has 20 nitrogen and oxygen atoms in total. The van der Waals surface area contributed by atoms with E-state index in [1.54, 1.807) is 23.8 Å². The maximum atomic E-state index is 13.3. The Labute approximate surface area is 330 Å². The summed E-state index contributed by atoms with van der Waals surface area (Å²) in [6.07, 6.45) is 1.99. The van der Waals surface area contributed by atoms with Gasteiger partial charge in [0.25, 0.3) is 11.4 Å². The highest BCUT2D eigenvalue weighted by Gasteiger charge is 2.65. The van der Waals surface area contributed by atoms with Gasteiger partial charge < -0.3 is 30.3 Å². The fourth-order valence-corrected chi connectivity index (χ4v) is 8.67. The third-order valence-electron chi connectivity index (χ3n) is 9.49. The highest BCUT2D eigenvalue weighted by molar-refractivity contribution is 7.99. The van der Waals surface area contributed by atoms with Gasteiger partial charge in [-0.05, 0) is 55.7 Å². The van der Waals surface area contributed by atoms with E-state index in [2.05, 4.69) is 9.98 Å². The van der Waals surface area contributed by atoms with E-state index < -0.39 is 57.4 Å². The number of hydrogen-bond acceptors (Lipinski definition) is 14. The number of carboxylic acid groups (broad SMARTS) is 1. The second-order valence-electron chi connectivity index (χ2n) is 13.1. The van der Waals surface area contributed by atoms with Crippen LogP contribution in [0.25, 0.3) is 10.4 Å². The van der Waals surface area contributed by atoms with E-state index in [0.717, 1.165) is 4.90 Å². The first-order valence-electron chi connectivity index (χ1n) is 17.1. The van der Waals surface area contributed by atoms with Crippen molar-refractivity contribution >= 4 is 74.9 Å². The summed E-state index contributed by atoms with van der Waals surface area (Å²) in [6.45, 7) is 2.37. The number of hydrogen-bond donors (Lipinski definition) is 3. The van der Waals surface area contributed by atoms with Crippen LogP contribution in [0.2, 0.25) is 0 Å². The molecule has 0 spiro atoms. The monoisotopic (exact) mass is 822 g/mol. The molecule has 0 aliphatic carbocycles. The van der Waals surface area contributed by atoms with Crippen LogP contribution in [-0.2, 0) is 32.3 Å². The van der Waals surface area contributed by atoms with Crippen molar-refractivity contribution in [2.24, 2.45) is 22.1 Å². The number of carbonyl (C=O) groups excluding carboxylic acids is 3. The molecule has 4 aromatic rings. The maximum Gasteiger partial charge on any atom is 0.437 e. The smallest absolute Gasteiger partial charge is 0.437 e. The van der Waals surface area contributed by atoms with Crippen molar-refractivity contribution in [1.82, 2.24) is 19.2 Å². The number of carbonyl (C=O) groups is 4. The van der Waals surface area contributed by atoms with Gasteiger partial charge in [-0.15, -0.1) is 28.1 Å². The summed E-state index contributed by atoms with van der Waals surface area (Å²) in [7, 11) is 0. The Balaban J connectivity index is 1.12. The van der Waals surface area contributed by atoms with Crippen LogP contribution in [0, 0.1) is 31.6 Å². The number of aliphatic hydroxyl groups is 1. The van der Waals surface area contributed by atoms with Gasteiger partial charge in [0, 0.05) is 54.5 Å². The second kappa shape index (κ2) is 16.4. The van der Waals surface area contributed by atoms with Crippen LogP contribution < -0.4 is 5.73 Å². The number of aromatic nitrogens is 2. The van der Waals surface area contributed by atoms with Crippen molar-refractivity contribution in [3.05, 3.63) is 103 Å². The van der Waals surface area contributed by atoms with E-state index in [9.17, 15) is 49.6 Å². The SMILES string of the molecule is C[C@@H](O)[C@H]1C(=O)N2C=C(c3cn4cnc(SCCCN(C(=O)OCc5ccc([N+](=O)[O-])cc5)C(N)=NC(=O)OCc5ccc([N+](=O)[O-])cc5)c4s3)[C@](C)(C(=O)O)[C@@H]12. The molecule has 298 valence electrons. The summed E-state index contributed by atoms with van der Waals surface area (Å²) < 4.78 is 12.2. The molecule has 3 amide bonds. The molecule has 4 heterocycles. The number of aliphatic carboxylic acids is 1. The van der Waals surface area contributed by atoms with E-state index in [1.807, 2.05) is 0 Å². The van der Waals surface area contributed by atoms with Crippen LogP contribution in [0.15, 0.2) is 77.3 Å². The van der Waals surface area contributed by atoms with Crippen LogP contribution in [0.5, 0.6) is 0 Å². The van der Waals surface area contributed by atoms with E-state index in [1.165, 1.54) is 89.7 Å².